The summed E-state index contributed by atoms with van der Waals surface area (Å²) >= 11 is 0. The molecule has 0 heterocycles. The summed E-state index contributed by atoms with van der Waals surface area (Å²) in [5.41, 5.74) is 9.15. The number of hydrogen-bond donors (Lipinski definition) is 2. The molecule has 1 fully saturated rings. The number of aryl methyl sites for hydroxylation is 1. The van der Waals surface area contributed by atoms with E-state index in [1.807, 2.05) is 19.1 Å². The van der Waals surface area contributed by atoms with Crippen molar-refractivity contribution in [2.75, 3.05) is 13.2 Å². The largest absolute Gasteiger partial charge is 0.493 e. The second-order valence-corrected chi connectivity index (χ2v) is 4.97. The fourth-order valence-electron chi connectivity index (χ4n) is 1.88. The lowest BCUT2D eigenvalue weighted by Gasteiger charge is -2.19. The predicted octanol–water partition coefficient (Wildman–Crippen LogP) is 2.08. The van der Waals surface area contributed by atoms with Crippen molar-refractivity contribution in [1.82, 2.24) is 0 Å². The quantitative estimate of drug-likeness (QED) is 0.821. The molecule has 0 aromatic heterocycles. The van der Waals surface area contributed by atoms with Crippen LogP contribution in [0.2, 0.25) is 0 Å². The third kappa shape index (κ3) is 2.79. The summed E-state index contributed by atoms with van der Waals surface area (Å²) in [5, 5.41) is 9.18. The molecule has 0 aliphatic heterocycles. The molecule has 1 aliphatic carbocycles. The van der Waals surface area contributed by atoms with Gasteiger partial charge in [-0.2, -0.15) is 0 Å². The normalized spacial score (nSPS) is 16.9. The van der Waals surface area contributed by atoms with Gasteiger partial charge in [0.1, 0.15) is 5.75 Å². The summed E-state index contributed by atoms with van der Waals surface area (Å²) in [5.74, 6) is 1.59. The first kappa shape index (κ1) is 12.4. The van der Waals surface area contributed by atoms with Crippen LogP contribution in [0.15, 0.2) is 12.1 Å². The predicted molar refractivity (Wildman–Crippen MR) is 68.1 cm³/mol. The highest BCUT2D eigenvalue weighted by molar-refractivity contribution is 5.46. The second-order valence-electron chi connectivity index (χ2n) is 4.97. The standard InChI is InChI=1S/C14H21NO2/c1-9-3-6-12(13(15)7-16)14(10(9)2)17-8-11-4-5-11/h3,6,11,13,16H,4-5,7-8,15H2,1-2H3. The maximum atomic E-state index is 9.18. The molecule has 3 heteroatoms. The fraction of sp³-hybridized carbons (Fsp3) is 0.571. The lowest BCUT2D eigenvalue weighted by Crippen LogP contribution is -2.17. The van der Waals surface area contributed by atoms with Crippen molar-refractivity contribution < 1.29 is 9.84 Å². The molecule has 17 heavy (non-hydrogen) atoms. The smallest absolute Gasteiger partial charge is 0.127 e. The molecule has 1 aliphatic rings. The lowest BCUT2D eigenvalue weighted by molar-refractivity contribution is 0.256. The van der Waals surface area contributed by atoms with E-state index >= 15 is 0 Å². The summed E-state index contributed by atoms with van der Waals surface area (Å²) in [6, 6.07) is 3.64. The Hall–Kier alpha value is -1.06. The van der Waals surface area contributed by atoms with Crippen molar-refractivity contribution in [1.29, 1.82) is 0 Å². The van der Waals surface area contributed by atoms with Crippen molar-refractivity contribution in [3.8, 4) is 5.75 Å². The molecule has 94 valence electrons. The zero-order valence-electron chi connectivity index (χ0n) is 10.6. The molecule has 1 aromatic carbocycles. The number of hydrogen-bond acceptors (Lipinski definition) is 3. The first-order valence-corrected chi connectivity index (χ1v) is 6.22. The maximum Gasteiger partial charge on any atom is 0.127 e. The zero-order chi connectivity index (χ0) is 12.4. The molecule has 1 aromatic rings. The minimum atomic E-state index is -0.358. The van der Waals surface area contributed by atoms with Gasteiger partial charge in [0, 0.05) is 5.56 Å². The minimum absolute atomic E-state index is 0.0533. The van der Waals surface area contributed by atoms with Crippen LogP contribution in [-0.4, -0.2) is 18.3 Å². The van der Waals surface area contributed by atoms with E-state index in [4.69, 9.17) is 10.5 Å². The van der Waals surface area contributed by atoms with Gasteiger partial charge < -0.3 is 15.6 Å². The van der Waals surface area contributed by atoms with E-state index in [9.17, 15) is 5.11 Å². The highest BCUT2D eigenvalue weighted by atomic mass is 16.5. The van der Waals surface area contributed by atoms with Crippen LogP contribution in [0.3, 0.4) is 0 Å². The zero-order valence-corrected chi connectivity index (χ0v) is 10.6. The van der Waals surface area contributed by atoms with Crippen LogP contribution in [-0.2, 0) is 0 Å². The molecule has 0 spiro atoms. The molecular formula is C14H21NO2. The molecule has 1 saturated carbocycles. The van der Waals surface area contributed by atoms with E-state index < -0.39 is 0 Å². The number of nitrogens with two attached hydrogens (primary N) is 1. The SMILES string of the molecule is Cc1ccc(C(N)CO)c(OCC2CC2)c1C. The Morgan fingerprint density at radius 1 is 1.41 bits per heavy atom. The van der Waals surface area contributed by atoms with Crippen molar-refractivity contribution in [3.63, 3.8) is 0 Å². The highest BCUT2D eigenvalue weighted by Gasteiger charge is 2.23. The Balaban J connectivity index is 2.25. The van der Waals surface area contributed by atoms with Crippen LogP contribution in [0.1, 0.15) is 35.6 Å². The van der Waals surface area contributed by atoms with E-state index in [1.165, 1.54) is 18.4 Å². The number of aliphatic hydroxyl groups excluding tert-OH is 1. The van der Waals surface area contributed by atoms with Gasteiger partial charge in [0.2, 0.25) is 0 Å². The van der Waals surface area contributed by atoms with Gasteiger partial charge in [0.05, 0.1) is 19.3 Å². The number of ether oxygens (including phenoxy) is 1. The van der Waals surface area contributed by atoms with Crippen molar-refractivity contribution in [2.45, 2.75) is 32.7 Å². The van der Waals surface area contributed by atoms with E-state index in [0.29, 0.717) is 5.92 Å². The van der Waals surface area contributed by atoms with Gasteiger partial charge in [-0.15, -0.1) is 0 Å². The molecule has 3 nitrogen and oxygen atoms in total. The summed E-state index contributed by atoms with van der Waals surface area (Å²) in [7, 11) is 0. The Morgan fingerprint density at radius 3 is 2.71 bits per heavy atom. The molecular weight excluding hydrogens is 214 g/mol. The molecule has 0 radical (unpaired) electrons. The van der Waals surface area contributed by atoms with Gasteiger partial charge in [-0.1, -0.05) is 12.1 Å². The van der Waals surface area contributed by atoms with Crippen molar-refractivity contribution in [3.05, 3.63) is 28.8 Å². The van der Waals surface area contributed by atoms with Gasteiger partial charge in [-0.05, 0) is 43.7 Å². The van der Waals surface area contributed by atoms with Crippen molar-refractivity contribution in [2.24, 2.45) is 11.7 Å². The Morgan fingerprint density at radius 2 is 2.12 bits per heavy atom. The maximum absolute atomic E-state index is 9.18. The summed E-state index contributed by atoms with van der Waals surface area (Å²) in [4.78, 5) is 0. The number of benzene rings is 1. The van der Waals surface area contributed by atoms with E-state index in [-0.39, 0.29) is 12.6 Å². The summed E-state index contributed by atoms with van der Waals surface area (Å²) in [6.45, 7) is 4.83. The topological polar surface area (TPSA) is 55.5 Å². The minimum Gasteiger partial charge on any atom is -0.493 e. The molecule has 0 amide bonds. The lowest BCUT2D eigenvalue weighted by atomic mass is 10.00. The average molecular weight is 235 g/mol. The van der Waals surface area contributed by atoms with Gasteiger partial charge in [-0.25, -0.2) is 0 Å². The van der Waals surface area contributed by atoms with E-state index in [2.05, 4.69) is 6.92 Å². The average Bonchev–Trinajstić information content (AvgIpc) is 3.14. The van der Waals surface area contributed by atoms with Gasteiger partial charge >= 0.3 is 0 Å². The molecule has 0 bridgehead atoms. The van der Waals surface area contributed by atoms with E-state index in [1.54, 1.807) is 0 Å². The first-order chi connectivity index (χ1) is 8.13. The van der Waals surface area contributed by atoms with Crippen LogP contribution in [0.25, 0.3) is 0 Å². The van der Waals surface area contributed by atoms with Gasteiger partial charge in [0.15, 0.2) is 0 Å². The third-order valence-electron chi connectivity index (χ3n) is 3.46. The molecule has 0 saturated heterocycles. The molecule has 1 atom stereocenters. The van der Waals surface area contributed by atoms with Crippen molar-refractivity contribution >= 4 is 0 Å². The molecule has 3 N–H and O–H groups in total. The molecule has 2 rings (SSSR count). The van der Waals surface area contributed by atoms with Crippen LogP contribution in [0, 0.1) is 19.8 Å². The van der Waals surface area contributed by atoms with Crippen LogP contribution in [0.4, 0.5) is 0 Å². The van der Waals surface area contributed by atoms with Gasteiger partial charge in [-0.3, -0.25) is 0 Å². The third-order valence-corrected chi connectivity index (χ3v) is 3.46. The van der Waals surface area contributed by atoms with Gasteiger partial charge in [0.25, 0.3) is 0 Å². The van der Waals surface area contributed by atoms with E-state index in [0.717, 1.165) is 23.5 Å². The first-order valence-electron chi connectivity index (χ1n) is 6.22. The monoisotopic (exact) mass is 235 g/mol. The summed E-state index contributed by atoms with van der Waals surface area (Å²) in [6.07, 6.45) is 2.54. The number of rotatable bonds is 5. The second kappa shape index (κ2) is 5.07. The van der Waals surface area contributed by atoms with Crippen LogP contribution < -0.4 is 10.5 Å². The van der Waals surface area contributed by atoms with Crippen LogP contribution >= 0.6 is 0 Å². The Kier molecular flexibility index (Phi) is 3.69. The number of aliphatic hydroxyl groups is 1. The fourth-order valence-corrected chi connectivity index (χ4v) is 1.88. The Bertz CT molecular complexity index is 399. The summed E-state index contributed by atoms with van der Waals surface area (Å²) < 4.78 is 5.90. The Labute approximate surface area is 103 Å². The molecule has 1 unspecified atom stereocenters. The van der Waals surface area contributed by atoms with Crippen LogP contribution in [0.5, 0.6) is 5.75 Å². The highest BCUT2D eigenvalue weighted by Crippen LogP contribution is 2.34.